The molecule has 0 saturated heterocycles. The Morgan fingerprint density at radius 1 is 1.38 bits per heavy atom. The topological polar surface area (TPSA) is 62.1 Å². The smallest absolute Gasteiger partial charge is 0.266 e. The third kappa shape index (κ3) is 4.58. The molecule has 0 atom stereocenters. The van der Waals surface area contributed by atoms with E-state index in [1.165, 1.54) is 18.2 Å². The highest BCUT2D eigenvalue weighted by Crippen LogP contribution is 2.20. The van der Waals surface area contributed by atoms with E-state index in [1.54, 1.807) is 24.3 Å². The van der Waals surface area contributed by atoms with Gasteiger partial charge in [0, 0.05) is 5.69 Å². The van der Waals surface area contributed by atoms with Crippen LogP contribution in [0.2, 0.25) is 5.02 Å². The molecule has 0 heterocycles. The largest absolute Gasteiger partial charge is 0.494 e. The van der Waals surface area contributed by atoms with E-state index in [-0.39, 0.29) is 10.6 Å². The molecule has 2 aromatic carbocycles. The standard InChI is InChI=1S/C18H14ClFN2O2/c1-2-24-15-5-3-4-12(9-15)8-13(11-21)18(23)22-14-6-7-17(20)16(19)10-14/h3-10H,2H2,1H3,(H,22,23)/b13-8-. The summed E-state index contributed by atoms with van der Waals surface area (Å²) in [4.78, 5) is 12.2. The van der Waals surface area contributed by atoms with Gasteiger partial charge in [0.05, 0.1) is 11.6 Å². The zero-order chi connectivity index (χ0) is 17.5. The lowest BCUT2D eigenvalue weighted by atomic mass is 10.1. The van der Waals surface area contributed by atoms with Crippen molar-refractivity contribution in [3.05, 3.63) is 64.4 Å². The average molecular weight is 345 g/mol. The van der Waals surface area contributed by atoms with Gasteiger partial charge in [0.15, 0.2) is 0 Å². The van der Waals surface area contributed by atoms with Gasteiger partial charge in [0.25, 0.3) is 5.91 Å². The van der Waals surface area contributed by atoms with E-state index in [2.05, 4.69) is 5.32 Å². The summed E-state index contributed by atoms with van der Waals surface area (Å²) in [5.41, 5.74) is 0.865. The van der Waals surface area contributed by atoms with Crippen LogP contribution in [0.3, 0.4) is 0 Å². The number of rotatable bonds is 5. The zero-order valence-electron chi connectivity index (χ0n) is 12.8. The quantitative estimate of drug-likeness (QED) is 0.645. The number of anilines is 1. The van der Waals surface area contributed by atoms with Gasteiger partial charge in [-0.2, -0.15) is 5.26 Å². The normalized spacial score (nSPS) is 10.8. The summed E-state index contributed by atoms with van der Waals surface area (Å²) in [5.74, 6) is -0.547. The van der Waals surface area contributed by atoms with Gasteiger partial charge in [-0.25, -0.2) is 4.39 Å². The van der Waals surface area contributed by atoms with Crippen LogP contribution in [0.15, 0.2) is 48.0 Å². The van der Waals surface area contributed by atoms with E-state index in [9.17, 15) is 14.4 Å². The summed E-state index contributed by atoms with van der Waals surface area (Å²) in [5, 5.41) is 11.6. The van der Waals surface area contributed by atoms with E-state index in [4.69, 9.17) is 16.3 Å². The summed E-state index contributed by atoms with van der Waals surface area (Å²) in [7, 11) is 0. The number of nitrogens with zero attached hydrogens (tertiary/aromatic N) is 1. The van der Waals surface area contributed by atoms with E-state index in [0.29, 0.717) is 23.6 Å². The molecule has 0 aromatic heterocycles. The molecular formula is C18H14ClFN2O2. The Morgan fingerprint density at radius 2 is 2.17 bits per heavy atom. The van der Waals surface area contributed by atoms with Gasteiger partial charge in [-0.05, 0) is 48.9 Å². The number of nitriles is 1. The molecule has 0 aliphatic rings. The van der Waals surface area contributed by atoms with Crippen molar-refractivity contribution in [2.75, 3.05) is 11.9 Å². The highest BCUT2D eigenvalue weighted by molar-refractivity contribution is 6.31. The Labute approximate surface area is 144 Å². The first-order valence-electron chi connectivity index (χ1n) is 7.14. The minimum atomic E-state index is -0.609. The molecule has 0 spiro atoms. The van der Waals surface area contributed by atoms with Crippen molar-refractivity contribution in [3.8, 4) is 11.8 Å². The highest BCUT2D eigenvalue weighted by Gasteiger charge is 2.11. The monoisotopic (exact) mass is 344 g/mol. The summed E-state index contributed by atoms with van der Waals surface area (Å²) in [6.07, 6.45) is 1.45. The first-order valence-corrected chi connectivity index (χ1v) is 7.52. The molecule has 0 radical (unpaired) electrons. The SMILES string of the molecule is CCOc1cccc(/C=C(/C#N)C(=O)Nc2ccc(F)c(Cl)c2)c1. The van der Waals surface area contributed by atoms with E-state index < -0.39 is 11.7 Å². The van der Waals surface area contributed by atoms with E-state index >= 15 is 0 Å². The fraction of sp³-hybridized carbons (Fsp3) is 0.111. The first-order chi connectivity index (χ1) is 11.5. The molecule has 0 aliphatic heterocycles. The summed E-state index contributed by atoms with van der Waals surface area (Å²) in [6, 6.07) is 12.7. The zero-order valence-corrected chi connectivity index (χ0v) is 13.6. The second kappa shape index (κ2) is 8.14. The molecular weight excluding hydrogens is 331 g/mol. The second-order valence-corrected chi connectivity index (χ2v) is 5.17. The number of amides is 1. The predicted octanol–water partition coefficient (Wildman–Crippen LogP) is 4.42. The Bertz CT molecular complexity index is 828. The Kier molecular flexibility index (Phi) is 5.94. The van der Waals surface area contributed by atoms with Gasteiger partial charge in [-0.1, -0.05) is 23.7 Å². The third-order valence-electron chi connectivity index (χ3n) is 3.02. The Morgan fingerprint density at radius 3 is 2.83 bits per heavy atom. The Balaban J connectivity index is 2.20. The number of halogens is 2. The van der Waals surface area contributed by atoms with Crippen LogP contribution in [0.4, 0.5) is 10.1 Å². The molecule has 0 fully saturated rings. The van der Waals surface area contributed by atoms with Crippen molar-refractivity contribution in [2.45, 2.75) is 6.92 Å². The fourth-order valence-corrected chi connectivity index (χ4v) is 2.13. The summed E-state index contributed by atoms with van der Waals surface area (Å²) >= 11 is 5.67. The highest BCUT2D eigenvalue weighted by atomic mass is 35.5. The van der Waals surface area contributed by atoms with Crippen molar-refractivity contribution in [3.63, 3.8) is 0 Å². The van der Waals surface area contributed by atoms with E-state index in [0.717, 1.165) is 6.07 Å². The van der Waals surface area contributed by atoms with Crippen LogP contribution in [-0.2, 0) is 4.79 Å². The molecule has 0 saturated carbocycles. The van der Waals surface area contributed by atoms with Gasteiger partial charge in [0.1, 0.15) is 23.2 Å². The van der Waals surface area contributed by atoms with Gasteiger partial charge < -0.3 is 10.1 Å². The van der Waals surface area contributed by atoms with Gasteiger partial charge in [-0.3, -0.25) is 4.79 Å². The lowest BCUT2D eigenvalue weighted by Crippen LogP contribution is -2.13. The van der Waals surface area contributed by atoms with Gasteiger partial charge >= 0.3 is 0 Å². The number of carbonyl (C=O) groups is 1. The van der Waals surface area contributed by atoms with Crippen LogP contribution in [0.25, 0.3) is 6.08 Å². The lowest BCUT2D eigenvalue weighted by molar-refractivity contribution is -0.112. The molecule has 6 heteroatoms. The Hall–Kier alpha value is -2.84. The van der Waals surface area contributed by atoms with Crippen molar-refractivity contribution in [2.24, 2.45) is 0 Å². The molecule has 2 aromatic rings. The van der Waals surface area contributed by atoms with Crippen molar-refractivity contribution in [1.82, 2.24) is 0 Å². The maximum atomic E-state index is 13.1. The molecule has 4 nitrogen and oxygen atoms in total. The molecule has 0 unspecified atom stereocenters. The number of ether oxygens (including phenoxy) is 1. The van der Waals surface area contributed by atoms with Crippen molar-refractivity contribution < 1.29 is 13.9 Å². The first kappa shape index (κ1) is 17.5. The van der Waals surface area contributed by atoms with Crippen LogP contribution >= 0.6 is 11.6 Å². The van der Waals surface area contributed by atoms with Crippen LogP contribution in [0.1, 0.15) is 12.5 Å². The number of nitrogens with one attached hydrogen (secondary N) is 1. The molecule has 0 bridgehead atoms. The molecule has 1 N–H and O–H groups in total. The molecule has 24 heavy (non-hydrogen) atoms. The number of hydrogen-bond acceptors (Lipinski definition) is 3. The average Bonchev–Trinajstić information content (AvgIpc) is 2.56. The predicted molar refractivity (Wildman–Crippen MR) is 91.2 cm³/mol. The fourth-order valence-electron chi connectivity index (χ4n) is 1.95. The molecule has 2 rings (SSSR count). The summed E-state index contributed by atoms with van der Waals surface area (Å²) < 4.78 is 18.5. The van der Waals surface area contributed by atoms with Crippen LogP contribution in [-0.4, -0.2) is 12.5 Å². The number of hydrogen-bond donors (Lipinski definition) is 1. The molecule has 1 amide bonds. The third-order valence-corrected chi connectivity index (χ3v) is 3.31. The van der Waals surface area contributed by atoms with Crippen LogP contribution < -0.4 is 10.1 Å². The minimum absolute atomic E-state index is 0.0934. The maximum absolute atomic E-state index is 13.1. The lowest BCUT2D eigenvalue weighted by Gasteiger charge is -2.06. The van der Waals surface area contributed by atoms with Gasteiger partial charge in [0.2, 0.25) is 0 Å². The molecule has 0 aliphatic carbocycles. The minimum Gasteiger partial charge on any atom is -0.494 e. The van der Waals surface area contributed by atoms with E-state index in [1.807, 2.05) is 13.0 Å². The van der Waals surface area contributed by atoms with Crippen molar-refractivity contribution >= 4 is 29.3 Å². The van der Waals surface area contributed by atoms with Gasteiger partial charge in [-0.15, -0.1) is 0 Å². The van der Waals surface area contributed by atoms with Crippen LogP contribution in [0.5, 0.6) is 5.75 Å². The molecule has 122 valence electrons. The second-order valence-electron chi connectivity index (χ2n) is 4.76. The summed E-state index contributed by atoms with van der Waals surface area (Å²) in [6.45, 7) is 2.38. The van der Waals surface area contributed by atoms with Crippen LogP contribution in [0, 0.1) is 17.1 Å². The number of benzene rings is 2. The van der Waals surface area contributed by atoms with Crippen molar-refractivity contribution in [1.29, 1.82) is 5.26 Å². The maximum Gasteiger partial charge on any atom is 0.266 e. The number of carbonyl (C=O) groups excluding carboxylic acids is 1.